The van der Waals surface area contributed by atoms with Gasteiger partial charge in [0.15, 0.2) is 5.65 Å². The van der Waals surface area contributed by atoms with E-state index in [-0.39, 0.29) is 11.6 Å². The Hall–Kier alpha value is -4.20. The van der Waals surface area contributed by atoms with E-state index in [4.69, 9.17) is 9.97 Å². The normalized spacial score (nSPS) is 11.7. The molecule has 8 heteroatoms. The van der Waals surface area contributed by atoms with Gasteiger partial charge in [0.05, 0.1) is 35.0 Å². The van der Waals surface area contributed by atoms with Crippen LogP contribution < -0.4 is 0 Å². The maximum absolute atomic E-state index is 14.0. The van der Waals surface area contributed by atoms with Crippen molar-refractivity contribution in [2.24, 2.45) is 0 Å². The van der Waals surface area contributed by atoms with Crippen molar-refractivity contribution in [1.29, 1.82) is 0 Å². The highest BCUT2D eigenvalue weighted by Gasteiger charge is 2.16. The summed E-state index contributed by atoms with van der Waals surface area (Å²) in [6.45, 7) is 0.375. The van der Waals surface area contributed by atoms with Crippen LogP contribution in [0.4, 0.5) is 8.78 Å². The van der Waals surface area contributed by atoms with Crippen LogP contribution in [0.5, 0.6) is 0 Å². The van der Waals surface area contributed by atoms with Crippen molar-refractivity contribution in [2.75, 3.05) is 0 Å². The molecule has 0 aliphatic rings. The Morgan fingerprint density at radius 2 is 1.55 bits per heavy atom. The highest BCUT2D eigenvalue weighted by molar-refractivity contribution is 6.06. The Kier molecular flexibility index (Phi) is 3.79. The molecule has 0 saturated carbocycles. The van der Waals surface area contributed by atoms with E-state index in [0.29, 0.717) is 34.5 Å². The molecule has 0 fully saturated rings. The molecule has 150 valence electrons. The van der Waals surface area contributed by atoms with Crippen LogP contribution in [-0.4, -0.2) is 29.5 Å². The number of hydrogen-bond donors (Lipinski definition) is 0. The van der Waals surface area contributed by atoms with Crippen LogP contribution in [0.3, 0.4) is 0 Å². The molecule has 0 N–H and O–H groups in total. The predicted molar refractivity (Wildman–Crippen MR) is 113 cm³/mol. The van der Waals surface area contributed by atoms with Crippen LogP contribution >= 0.6 is 0 Å². The summed E-state index contributed by atoms with van der Waals surface area (Å²) in [5.41, 5.74) is 4.99. The second-order valence-electron chi connectivity index (χ2n) is 7.26. The van der Waals surface area contributed by atoms with Gasteiger partial charge < -0.3 is 4.57 Å². The number of halogens is 2. The fourth-order valence-corrected chi connectivity index (χ4v) is 3.82. The summed E-state index contributed by atoms with van der Waals surface area (Å²) in [4.78, 5) is 9.54. The third kappa shape index (κ3) is 2.92. The van der Waals surface area contributed by atoms with Gasteiger partial charge in [-0.25, -0.2) is 23.4 Å². The highest BCUT2D eigenvalue weighted by Crippen LogP contribution is 2.29. The van der Waals surface area contributed by atoms with E-state index in [2.05, 4.69) is 10.3 Å². The zero-order valence-corrected chi connectivity index (χ0v) is 16.1. The van der Waals surface area contributed by atoms with Crippen LogP contribution in [0.15, 0.2) is 72.9 Å². The van der Waals surface area contributed by atoms with E-state index in [9.17, 15) is 8.78 Å². The molecule has 0 unspecified atom stereocenters. The van der Waals surface area contributed by atoms with E-state index in [1.165, 1.54) is 24.3 Å². The first-order valence-electron chi connectivity index (χ1n) is 9.67. The summed E-state index contributed by atoms with van der Waals surface area (Å²) in [7, 11) is 0. The molecule has 6 aromatic rings. The zero-order valence-electron chi connectivity index (χ0n) is 16.1. The van der Waals surface area contributed by atoms with Crippen molar-refractivity contribution in [2.45, 2.75) is 6.54 Å². The summed E-state index contributed by atoms with van der Waals surface area (Å²) >= 11 is 0. The largest absolute Gasteiger partial charge is 0.318 e. The molecule has 31 heavy (non-hydrogen) atoms. The molecule has 3 heterocycles. The Bertz CT molecular complexity index is 1580. The third-order valence-corrected chi connectivity index (χ3v) is 5.26. The van der Waals surface area contributed by atoms with E-state index in [0.717, 1.165) is 16.6 Å². The minimum atomic E-state index is -0.330. The van der Waals surface area contributed by atoms with Gasteiger partial charge in [-0.15, -0.1) is 5.10 Å². The summed E-state index contributed by atoms with van der Waals surface area (Å²) in [5, 5.41) is 9.11. The lowest BCUT2D eigenvalue weighted by molar-refractivity contribution is 0.626. The number of hydrogen-bond acceptors (Lipinski definition) is 4. The van der Waals surface area contributed by atoms with Crippen LogP contribution in [0.25, 0.3) is 38.8 Å². The molecule has 0 aliphatic heterocycles. The molecule has 0 radical (unpaired) electrons. The van der Waals surface area contributed by atoms with Crippen molar-refractivity contribution in [3.63, 3.8) is 0 Å². The summed E-state index contributed by atoms with van der Waals surface area (Å²) in [6.07, 6.45) is 1.78. The molecule has 0 saturated heterocycles. The first-order valence-corrected chi connectivity index (χ1v) is 9.67. The maximum atomic E-state index is 14.0. The first kappa shape index (κ1) is 17.6. The fraction of sp³-hybridized carbons (Fsp3) is 0.0435. The lowest BCUT2D eigenvalue weighted by atomic mass is 10.2. The summed E-state index contributed by atoms with van der Waals surface area (Å²) in [5.74, 6) is -0.642. The van der Waals surface area contributed by atoms with Crippen LogP contribution in [0.2, 0.25) is 0 Å². The van der Waals surface area contributed by atoms with Gasteiger partial charge in [0.1, 0.15) is 22.8 Å². The number of benzene rings is 3. The molecule has 6 rings (SSSR count). The molecule has 3 aromatic heterocycles. The van der Waals surface area contributed by atoms with Crippen LogP contribution in [-0.2, 0) is 6.54 Å². The van der Waals surface area contributed by atoms with E-state index >= 15 is 0 Å². The number of aromatic nitrogens is 6. The molecule has 6 nitrogen and oxygen atoms in total. The van der Waals surface area contributed by atoms with Crippen LogP contribution in [0, 0.1) is 11.6 Å². The zero-order chi connectivity index (χ0) is 20.9. The Morgan fingerprint density at radius 1 is 0.806 bits per heavy atom. The molecule has 0 spiro atoms. The van der Waals surface area contributed by atoms with Gasteiger partial charge in [0.25, 0.3) is 0 Å². The van der Waals surface area contributed by atoms with Crippen LogP contribution in [0.1, 0.15) is 5.69 Å². The lowest BCUT2D eigenvalue weighted by Crippen LogP contribution is -2.01. The van der Waals surface area contributed by atoms with Crippen molar-refractivity contribution < 1.29 is 8.78 Å². The van der Waals surface area contributed by atoms with Gasteiger partial charge >= 0.3 is 0 Å². The molecule has 3 aromatic carbocycles. The van der Waals surface area contributed by atoms with Crippen molar-refractivity contribution in [1.82, 2.24) is 29.5 Å². The lowest BCUT2D eigenvalue weighted by Gasteiger charge is -2.04. The average Bonchev–Trinajstić information content (AvgIpc) is 3.36. The van der Waals surface area contributed by atoms with Crippen molar-refractivity contribution in [3.05, 3.63) is 90.3 Å². The van der Waals surface area contributed by atoms with E-state index < -0.39 is 0 Å². The van der Waals surface area contributed by atoms with Gasteiger partial charge in [-0.2, -0.15) is 0 Å². The standard InChI is InChI=1S/C23H14F2N6/c24-14-5-8-17(9-6-14)31-13-16(28-29-31)12-30-21-10-7-15(25)11-18(21)22-23(30)27-20-4-2-1-3-19(20)26-22/h1-11,13H,12H2. The minimum absolute atomic E-state index is 0.313. The number of fused-ring (bicyclic) bond motifs is 4. The maximum Gasteiger partial charge on any atom is 0.160 e. The minimum Gasteiger partial charge on any atom is -0.318 e. The van der Waals surface area contributed by atoms with Crippen molar-refractivity contribution >= 4 is 33.1 Å². The van der Waals surface area contributed by atoms with Gasteiger partial charge in [-0.05, 0) is 54.6 Å². The Balaban J connectivity index is 1.51. The Morgan fingerprint density at radius 3 is 2.35 bits per heavy atom. The first-order chi connectivity index (χ1) is 15.2. The smallest absolute Gasteiger partial charge is 0.160 e. The number of nitrogens with zero attached hydrogens (tertiary/aromatic N) is 6. The third-order valence-electron chi connectivity index (χ3n) is 5.26. The average molecular weight is 412 g/mol. The topological polar surface area (TPSA) is 61.4 Å². The van der Waals surface area contributed by atoms with Gasteiger partial charge in [-0.1, -0.05) is 17.3 Å². The second-order valence-corrected chi connectivity index (χ2v) is 7.26. The molecule has 0 aliphatic carbocycles. The molecular formula is C23H14F2N6. The van der Waals surface area contributed by atoms with Crippen molar-refractivity contribution in [3.8, 4) is 5.69 Å². The summed E-state index contributed by atoms with van der Waals surface area (Å²) < 4.78 is 30.8. The van der Waals surface area contributed by atoms with Gasteiger partial charge in [0.2, 0.25) is 0 Å². The molecular weight excluding hydrogens is 398 g/mol. The Labute approximate surface area is 174 Å². The predicted octanol–water partition coefficient (Wildman–Crippen LogP) is 4.64. The van der Waals surface area contributed by atoms with E-state index in [1.807, 2.05) is 28.8 Å². The number of para-hydroxylation sites is 2. The molecule has 0 amide bonds. The fourth-order valence-electron chi connectivity index (χ4n) is 3.82. The second kappa shape index (κ2) is 6.66. The highest BCUT2D eigenvalue weighted by atomic mass is 19.1. The molecule has 0 atom stereocenters. The van der Waals surface area contributed by atoms with E-state index in [1.54, 1.807) is 29.1 Å². The van der Waals surface area contributed by atoms with Gasteiger partial charge in [0, 0.05) is 5.39 Å². The molecule has 0 bridgehead atoms. The quantitative estimate of drug-likeness (QED) is 0.425. The monoisotopic (exact) mass is 412 g/mol. The SMILES string of the molecule is Fc1ccc(-n2cc(Cn3c4ccc(F)cc4c4nc5ccccc5nc43)nn2)cc1. The number of rotatable bonds is 3. The van der Waals surface area contributed by atoms with Gasteiger partial charge in [-0.3, -0.25) is 0 Å². The summed E-state index contributed by atoms with van der Waals surface area (Å²) in [6, 6.07) is 18.2.